The maximum Gasteiger partial charge on any atom is 0.338 e. The van der Waals surface area contributed by atoms with Gasteiger partial charge in [-0.1, -0.05) is 24.3 Å². The number of benzene rings is 2. The van der Waals surface area contributed by atoms with Crippen molar-refractivity contribution in [2.45, 2.75) is 32.2 Å². The molecule has 0 atom stereocenters. The van der Waals surface area contributed by atoms with E-state index in [1.807, 2.05) is 12.1 Å². The zero-order chi connectivity index (χ0) is 18.5. The van der Waals surface area contributed by atoms with Crippen molar-refractivity contribution in [2.24, 2.45) is 0 Å². The van der Waals surface area contributed by atoms with Crippen LogP contribution in [0.1, 0.15) is 39.9 Å². The van der Waals surface area contributed by atoms with Crippen molar-refractivity contribution in [1.29, 1.82) is 0 Å². The molecule has 1 aliphatic rings. The molecule has 0 aliphatic heterocycles. The first kappa shape index (κ1) is 18.1. The second-order valence-electron chi connectivity index (χ2n) is 6.61. The van der Waals surface area contributed by atoms with Crippen LogP contribution in [0.15, 0.2) is 42.5 Å². The van der Waals surface area contributed by atoms with Crippen LogP contribution in [0.4, 0.5) is 4.39 Å². The molecule has 2 aromatic carbocycles. The van der Waals surface area contributed by atoms with E-state index in [2.05, 4.69) is 0 Å². The number of ether oxygens (including phenoxy) is 1. The first-order chi connectivity index (χ1) is 12.5. The summed E-state index contributed by atoms with van der Waals surface area (Å²) in [7, 11) is 1.56. The molecule has 0 spiro atoms. The van der Waals surface area contributed by atoms with E-state index in [0.29, 0.717) is 11.1 Å². The molecule has 0 fully saturated rings. The van der Waals surface area contributed by atoms with Gasteiger partial charge in [-0.2, -0.15) is 0 Å². The third-order valence-corrected chi connectivity index (χ3v) is 4.70. The molecule has 0 saturated carbocycles. The van der Waals surface area contributed by atoms with Gasteiger partial charge in [-0.25, -0.2) is 9.18 Å². The minimum atomic E-state index is -0.508. The lowest BCUT2D eigenvalue weighted by molar-refractivity contribution is -0.133. The van der Waals surface area contributed by atoms with Gasteiger partial charge in [0.2, 0.25) is 0 Å². The largest absolute Gasteiger partial charge is 0.452 e. The Morgan fingerprint density at radius 2 is 1.81 bits per heavy atom. The number of fused-ring (bicyclic) bond motifs is 1. The molecule has 0 radical (unpaired) electrons. The number of hydrogen-bond donors (Lipinski definition) is 0. The van der Waals surface area contributed by atoms with Crippen LogP contribution in [0.25, 0.3) is 0 Å². The Bertz CT molecular complexity index is 819. The van der Waals surface area contributed by atoms with Gasteiger partial charge in [0, 0.05) is 19.2 Å². The highest BCUT2D eigenvalue weighted by Crippen LogP contribution is 2.22. The summed E-state index contributed by atoms with van der Waals surface area (Å²) in [6.07, 6.45) is 4.33. The Balaban J connectivity index is 1.55. The van der Waals surface area contributed by atoms with Crippen LogP contribution in [0.2, 0.25) is 0 Å². The number of carbonyl (C=O) groups is 2. The molecule has 4 nitrogen and oxygen atoms in total. The van der Waals surface area contributed by atoms with Gasteiger partial charge in [0.05, 0.1) is 5.56 Å². The number of hydrogen-bond acceptors (Lipinski definition) is 3. The standard InChI is InChI=1S/C21H22FNO3/c1-23(13-18-8-4-5-9-19(18)22)20(24)14-26-21(25)17-11-10-15-6-2-3-7-16(15)12-17/h4-5,8-12H,2-3,6-7,13-14H2,1H3. The van der Waals surface area contributed by atoms with Gasteiger partial charge < -0.3 is 9.64 Å². The lowest BCUT2D eigenvalue weighted by Gasteiger charge is -2.18. The number of nitrogens with zero attached hydrogens (tertiary/aromatic N) is 1. The minimum Gasteiger partial charge on any atom is -0.452 e. The molecule has 0 aromatic heterocycles. The molecular formula is C21H22FNO3. The molecule has 1 amide bonds. The van der Waals surface area contributed by atoms with Crippen molar-refractivity contribution in [3.05, 3.63) is 70.5 Å². The number of rotatable bonds is 5. The quantitative estimate of drug-likeness (QED) is 0.771. The number of aryl methyl sites for hydroxylation is 2. The fraction of sp³-hybridized carbons (Fsp3) is 0.333. The minimum absolute atomic E-state index is 0.127. The third kappa shape index (κ3) is 4.28. The zero-order valence-electron chi connectivity index (χ0n) is 14.8. The molecule has 0 N–H and O–H groups in total. The fourth-order valence-corrected chi connectivity index (χ4v) is 3.15. The van der Waals surface area contributed by atoms with Crippen molar-refractivity contribution >= 4 is 11.9 Å². The van der Waals surface area contributed by atoms with Crippen molar-refractivity contribution in [3.63, 3.8) is 0 Å². The number of carbonyl (C=O) groups excluding carboxylic acids is 2. The van der Waals surface area contributed by atoms with Crippen LogP contribution in [-0.2, 0) is 28.9 Å². The summed E-state index contributed by atoms with van der Waals surface area (Å²) in [5.41, 5.74) is 3.36. The summed E-state index contributed by atoms with van der Waals surface area (Å²) in [6.45, 7) is -0.233. The maximum atomic E-state index is 13.7. The summed E-state index contributed by atoms with van der Waals surface area (Å²) >= 11 is 0. The summed E-state index contributed by atoms with van der Waals surface area (Å²) in [5, 5.41) is 0. The Morgan fingerprint density at radius 1 is 1.08 bits per heavy atom. The van der Waals surface area contributed by atoms with E-state index in [1.54, 1.807) is 31.3 Å². The summed E-state index contributed by atoms with van der Waals surface area (Å²) in [6, 6.07) is 11.9. The first-order valence-corrected chi connectivity index (χ1v) is 8.81. The summed E-state index contributed by atoms with van der Waals surface area (Å²) < 4.78 is 18.8. The Morgan fingerprint density at radius 3 is 2.58 bits per heavy atom. The van der Waals surface area contributed by atoms with Gasteiger partial charge in [0.15, 0.2) is 6.61 Å². The molecule has 2 aromatic rings. The zero-order valence-corrected chi connectivity index (χ0v) is 14.8. The van der Waals surface area contributed by atoms with Crippen LogP contribution in [0.5, 0.6) is 0 Å². The Kier molecular flexibility index (Phi) is 5.66. The molecule has 1 aliphatic carbocycles. The molecule has 5 heteroatoms. The van der Waals surface area contributed by atoms with E-state index in [0.717, 1.165) is 19.3 Å². The summed E-state index contributed by atoms with van der Waals surface area (Å²) in [5.74, 6) is -1.25. The van der Waals surface area contributed by atoms with Crippen molar-refractivity contribution in [3.8, 4) is 0 Å². The monoisotopic (exact) mass is 355 g/mol. The van der Waals surface area contributed by atoms with Crippen LogP contribution < -0.4 is 0 Å². The van der Waals surface area contributed by atoms with Crippen molar-refractivity contribution in [1.82, 2.24) is 4.90 Å². The Labute approximate surface area is 152 Å². The smallest absolute Gasteiger partial charge is 0.338 e. The second-order valence-corrected chi connectivity index (χ2v) is 6.61. The molecule has 0 saturated heterocycles. The number of likely N-dealkylation sites (N-methyl/N-ethyl adjacent to an activating group) is 1. The normalized spacial score (nSPS) is 13.0. The van der Waals surface area contributed by atoms with Crippen LogP contribution in [-0.4, -0.2) is 30.4 Å². The molecule has 3 rings (SSSR count). The van der Waals surface area contributed by atoms with Gasteiger partial charge >= 0.3 is 5.97 Å². The molecule has 0 heterocycles. The van der Waals surface area contributed by atoms with Crippen LogP contribution in [0, 0.1) is 5.82 Å². The topological polar surface area (TPSA) is 46.6 Å². The lowest BCUT2D eigenvalue weighted by Crippen LogP contribution is -2.31. The van der Waals surface area contributed by atoms with Crippen LogP contribution in [0.3, 0.4) is 0 Å². The van der Waals surface area contributed by atoms with Gasteiger partial charge in [-0.05, 0) is 55.0 Å². The predicted molar refractivity (Wildman–Crippen MR) is 96.2 cm³/mol. The Hall–Kier alpha value is -2.69. The van der Waals surface area contributed by atoms with Crippen molar-refractivity contribution in [2.75, 3.05) is 13.7 Å². The number of halogens is 1. The maximum absolute atomic E-state index is 13.7. The molecule has 26 heavy (non-hydrogen) atoms. The average molecular weight is 355 g/mol. The van der Waals surface area contributed by atoms with E-state index in [4.69, 9.17) is 4.74 Å². The SMILES string of the molecule is CN(Cc1ccccc1F)C(=O)COC(=O)c1ccc2c(c1)CCCC2. The van der Waals surface area contributed by atoms with Gasteiger partial charge in [0.1, 0.15) is 5.82 Å². The van der Waals surface area contributed by atoms with E-state index >= 15 is 0 Å². The molecule has 0 unspecified atom stereocenters. The fourth-order valence-electron chi connectivity index (χ4n) is 3.15. The third-order valence-electron chi connectivity index (χ3n) is 4.70. The van der Waals surface area contributed by atoms with E-state index < -0.39 is 5.97 Å². The molecule has 0 bridgehead atoms. The molecule has 136 valence electrons. The highest BCUT2D eigenvalue weighted by Gasteiger charge is 2.17. The van der Waals surface area contributed by atoms with Gasteiger partial charge in [-0.3, -0.25) is 4.79 Å². The van der Waals surface area contributed by atoms with Crippen molar-refractivity contribution < 1.29 is 18.7 Å². The van der Waals surface area contributed by atoms with Gasteiger partial charge in [0.25, 0.3) is 5.91 Å². The number of amides is 1. The molecular weight excluding hydrogens is 333 g/mol. The first-order valence-electron chi connectivity index (χ1n) is 8.81. The average Bonchev–Trinajstić information content (AvgIpc) is 2.67. The van der Waals surface area contributed by atoms with Gasteiger partial charge in [-0.15, -0.1) is 0 Å². The lowest BCUT2D eigenvalue weighted by atomic mass is 9.90. The van der Waals surface area contributed by atoms with Crippen LogP contribution >= 0.6 is 0 Å². The van der Waals surface area contributed by atoms with E-state index in [-0.39, 0.29) is 24.9 Å². The van der Waals surface area contributed by atoms with E-state index in [1.165, 1.54) is 28.5 Å². The summed E-state index contributed by atoms with van der Waals surface area (Å²) in [4.78, 5) is 25.7. The predicted octanol–water partition coefficient (Wildman–Crippen LogP) is 3.52. The second kappa shape index (κ2) is 8.13. The highest BCUT2D eigenvalue weighted by atomic mass is 19.1. The number of esters is 1. The van der Waals surface area contributed by atoms with E-state index in [9.17, 15) is 14.0 Å². The highest BCUT2D eigenvalue weighted by molar-refractivity contribution is 5.91.